The van der Waals surface area contributed by atoms with Crippen LogP contribution >= 0.6 is 0 Å². The molecule has 1 amide bonds. The Morgan fingerprint density at radius 2 is 2.06 bits per heavy atom. The molecule has 0 bridgehead atoms. The summed E-state index contributed by atoms with van der Waals surface area (Å²) in [4.78, 5) is 26.0. The molecular weight excluding hydrogens is 444 g/mol. The van der Waals surface area contributed by atoms with E-state index in [4.69, 9.17) is 9.84 Å². The van der Waals surface area contributed by atoms with Crippen LogP contribution in [0.5, 0.6) is 0 Å². The van der Waals surface area contributed by atoms with Gasteiger partial charge in [0, 0.05) is 24.9 Å². The van der Waals surface area contributed by atoms with Crippen molar-refractivity contribution in [3.63, 3.8) is 0 Å². The Labute approximate surface area is 207 Å². The molecule has 0 unspecified atom stereocenters. The van der Waals surface area contributed by atoms with Crippen molar-refractivity contribution in [1.82, 2.24) is 15.0 Å². The minimum Gasteiger partial charge on any atom is -0.469 e. The zero-order valence-corrected chi connectivity index (χ0v) is 21.6. The minimum atomic E-state index is -0.501. The van der Waals surface area contributed by atoms with Crippen LogP contribution in [0.3, 0.4) is 0 Å². The largest absolute Gasteiger partial charge is 0.469 e. The Hall–Kier alpha value is -2.74. The standard InChI is InChI=1S/C27H38N4O4/c1-17(2)19-7-9-21-20(24(19)28-23(33)16-31-15-18(11-14-32)29-30-31)8-10-22-26(21,3)12-6-13-27(22,4)25(34)35-5/h7,9,15,17,22,32H,6,8,10-14,16H2,1-5H3,(H,28,33)/t22-,26-,27-/m1/s1. The van der Waals surface area contributed by atoms with E-state index < -0.39 is 5.41 Å². The first-order chi connectivity index (χ1) is 16.6. The molecule has 8 nitrogen and oxygen atoms in total. The van der Waals surface area contributed by atoms with E-state index in [1.807, 2.05) is 0 Å². The summed E-state index contributed by atoms with van der Waals surface area (Å²) in [6.07, 6.45) is 6.62. The maximum atomic E-state index is 13.1. The van der Waals surface area contributed by atoms with Gasteiger partial charge in [-0.25, -0.2) is 4.68 Å². The first kappa shape index (κ1) is 25.4. The molecule has 35 heavy (non-hydrogen) atoms. The molecule has 0 radical (unpaired) electrons. The first-order valence-corrected chi connectivity index (χ1v) is 12.7. The number of carbonyl (C=O) groups excluding carboxylic acids is 2. The SMILES string of the molecule is COC(=O)[C@]1(C)CCC[C@]2(C)c3ccc(C(C)C)c(NC(=O)Cn4cc(CCO)nn4)c3CC[C@@H]12. The normalized spacial score (nSPS) is 25.6. The number of nitrogens with zero attached hydrogens (tertiary/aromatic N) is 3. The van der Waals surface area contributed by atoms with Crippen LogP contribution in [-0.4, -0.2) is 45.7 Å². The van der Waals surface area contributed by atoms with Gasteiger partial charge in [-0.2, -0.15) is 0 Å². The zero-order chi connectivity index (χ0) is 25.4. The van der Waals surface area contributed by atoms with Crippen LogP contribution in [0, 0.1) is 11.3 Å². The van der Waals surface area contributed by atoms with Crippen molar-refractivity contribution in [3.8, 4) is 0 Å². The third-order valence-electron chi connectivity index (χ3n) is 8.37. The Morgan fingerprint density at radius 1 is 1.29 bits per heavy atom. The van der Waals surface area contributed by atoms with Gasteiger partial charge in [-0.1, -0.05) is 44.5 Å². The Morgan fingerprint density at radius 3 is 2.74 bits per heavy atom. The van der Waals surface area contributed by atoms with Gasteiger partial charge in [-0.3, -0.25) is 9.59 Å². The number of methoxy groups -OCH3 is 1. The van der Waals surface area contributed by atoms with Crippen LogP contribution in [-0.2, 0) is 39.1 Å². The van der Waals surface area contributed by atoms with Crippen molar-refractivity contribution in [2.45, 2.75) is 84.1 Å². The van der Waals surface area contributed by atoms with E-state index in [0.717, 1.165) is 43.4 Å². The summed E-state index contributed by atoms with van der Waals surface area (Å²) in [5.41, 5.74) is 4.46. The van der Waals surface area contributed by atoms with E-state index in [2.05, 4.69) is 55.5 Å². The van der Waals surface area contributed by atoms with Gasteiger partial charge in [-0.05, 0) is 66.5 Å². The molecular formula is C27H38N4O4. The molecule has 1 aromatic heterocycles. The lowest BCUT2D eigenvalue weighted by Crippen LogP contribution is -2.52. The molecule has 1 heterocycles. The summed E-state index contributed by atoms with van der Waals surface area (Å²) in [5, 5.41) is 20.3. The fraction of sp³-hybridized carbons (Fsp3) is 0.630. The van der Waals surface area contributed by atoms with E-state index in [9.17, 15) is 9.59 Å². The Bertz CT molecular complexity index is 1110. The van der Waals surface area contributed by atoms with E-state index in [-0.39, 0.29) is 42.3 Å². The van der Waals surface area contributed by atoms with Crippen LogP contribution in [0.25, 0.3) is 0 Å². The molecule has 2 aliphatic rings. The van der Waals surface area contributed by atoms with Crippen LogP contribution in [0.15, 0.2) is 18.3 Å². The molecule has 8 heteroatoms. The molecule has 0 aliphatic heterocycles. The van der Waals surface area contributed by atoms with Gasteiger partial charge < -0.3 is 15.2 Å². The number of amides is 1. The summed E-state index contributed by atoms with van der Waals surface area (Å²) in [6, 6.07) is 4.37. The molecule has 1 fully saturated rings. The van der Waals surface area contributed by atoms with Gasteiger partial charge in [0.15, 0.2) is 0 Å². The third-order valence-corrected chi connectivity index (χ3v) is 8.37. The maximum absolute atomic E-state index is 13.1. The summed E-state index contributed by atoms with van der Waals surface area (Å²) < 4.78 is 6.76. The Balaban J connectivity index is 1.68. The average Bonchev–Trinajstić information content (AvgIpc) is 3.25. The van der Waals surface area contributed by atoms with Gasteiger partial charge in [0.05, 0.1) is 18.2 Å². The average molecular weight is 483 g/mol. The lowest BCUT2D eigenvalue weighted by Gasteiger charge is -2.54. The molecule has 2 aliphatic carbocycles. The van der Waals surface area contributed by atoms with E-state index in [1.54, 1.807) is 6.20 Å². The molecule has 1 saturated carbocycles. The predicted octanol–water partition coefficient (Wildman–Crippen LogP) is 3.76. The van der Waals surface area contributed by atoms with Crippen molar-refractivity contribution in [3.05, 3.63) is 40.7 Å². The molecule has 4 rings (SSSR count). The molecule has 1 aromatic carbocycles. The highest BCUT2D eigenvalue weighted by atomic mass is 16.5. The number of carbonyl (C=O) groups is 2. The second-order valence-electron chi connectivity index (χ2n) is 10.9. The van der Waals surface area contributed by atoms with Crippen molar-refractivity contribution in [2.75, 3.05) is 19.0 Å². The van der Waals surface area contributed by atoms with Crippen LogP contribution < -0.4 is 5.32 Å². The number of ether oxygens (including phenoxy) is 1. The second-order valence-corrected chi connectivity index (χ2v) is 10.9. The summed E-state index contributed by atoms with van der Waals surface area (Å²) >= 11 is 0. The van der Waals surface area contributed by atoms with Gasteiger partial charge in [0.25, 0.3) is 0 Å². The van der Waals surface area contributed by atoms with Gasteiger partial charge in [0.1, 0.15) is 6.54 Å². The number of aliphatic hydroxyl groups excluding tert-OH is 1. The molecule has 0 saturated heterocycles. The lowest BCUT2D eigenvalue weighted by atomic mass is 9.49. The van der Waals surface area contributed by atoms with Crippen LogP contribution in [0.2, 0.25) is 0 Å². The number of rotatable bonds is 7. The topological polar surface area (TPSA) is 106 Å². The van der Waals surface area contributed by atoms with E-state index in [0.29, 0.717) is 12.1 Å². The highest BCUT2D eigenvalue weighted by molar-refractivity contribution is 5.93. The number of hydrogen-bond acceptors (Lipinski definition) is 6. The molecule has 2 aromatic rings. The lowest BCUT2D eigenvalue weighted by molar-refractivity contribution is -0.161. The highest BCUT2D eigenvalue weighted by Crippen LogP contribution is 2.58. The zero-order valence-electron chi connectivity index (χ0n) is 21.6. The number of aliphatic hydroxyl groups is 1. The number of benzene rings is 1. The minimum absolute atomic E-state index is 0.00637. The van der Waals surface area contributed by atoms with Crippen LogP contribution in [0.1, 0.15) is 81.7 Å². The fourth-order valence-electron chi connectivity index (χ4n) is 6.66. The van der Waals surface area contributed by atoms with Crippen molar-refractivity contribution < 1.29 is 19.4 Å². The first-order valence-electron chi connectivity index (χ1n) is 12.7. The van der Waals surface area contributed by atoms with E-state index >= 15 is 0 Å². The summed E-state index contributed by atoms with van der Waals surface area (Å²) in [6.45, 7) is 8.68. The monoisotopic (exact) mass is 482 g/mol. The smallest absolute Gasteiger partial charge is 0.311 e. The van der Waals surface area contributed by atoms with Gasteiger partial charge in [-0.15, -0.1) is 5.10 Å². The Kier molecular flexibility index (Phi) is 7.04. The number of nitrogens with one attached hydrogen (secondary N) is 1. The molecule has 0 spiro atoms. The summed E-state index contributed by atoms with van der Waals surface area (Å²) in [5.74, 6) is 0.168. The molecule has 190 valence electrons. The third kappa shape index (κ3) is 4.48. The van der Waals surface area contributed by atoms with Crippen LogP contribution in [0.4, 0.5) is 5.69 Å². The number of esters is 1. The number of anilines is 1. The summed E-state index contributed by atoms with van der Waals surface area (Å²) in [7, 11) is 1.49. The second kappa shape index (κ2) is 9.72. The maximum Gasteiger partial charge on any atom is 0.311 e. The quantitative estimate of drug-likeness (QED) is 0.582. The van der Waals surface area contributed by atoms with Crippen molar-refractivity contribution >= 4 is 17.6 Å². The van der Waals surface area contributed by atoms with E-state index in [1.165, 1.54) is 22.9 Å². The number of fused-ring (bicyclic) bond motifs is 3. The fourth-order valence-corrected chi connectivity index (χ4v) is 6.66. The van der Waals surface area contributed by atoms with Gasteiger partial charge in [0.2, 0.25) is 5.91 Å². The molecule has 3 atom stereocenters. The van der Waals surface area contributed by atoms with Crippen molar-refractivity contribution in [1.29, 1.82) is 0 Å². The van der Waals surface area contributed by atoms with Gasteiger partial charge >= 0.3 is 5.97 Å². The highest BCUT2D eigenvalue weighted by Gasteiger charge is 2.56. The number of hydrogen-bond donors (Lipinski definition) is 2. The predicted molar refractivity (Wildman–Crippen MR) is 133 cm³/mol. The van der Waals surface area contributed by atoms with Crippen molar-refractivity contribution in [2.24, 2.45) is 11.3 Å². The molecule has 2 N–H and O–H groups in total. The number of aromatic nitrogens is 3.